The van der Waals surface area contributed by atoms with Gasteiger partial charge in [0.05, 0.1) is 18.7 Å². The van der Waals surface area contributed by atoms with Crippen LogP contribution < -0.4 is 20.7 Å². The van der Waals surface area contributed by atoms with Gasteiger partial charge in [0.15, 0.2) is 0 Å². The molecule has 1 aromatic carbocycles. The number of sulfonamides is 1. The second-order valence-corrected chi connectivity index (χ2v) is 13.3. The molecule has 0 fully saturated rings. The zero-order valence-corrected chi connectivity index (χ0v) is 25.3. The molecular formula is C27H40N6O7S. The molecule has 0 aliphatic carbocycles. The number of ketones is 1. The van der Waals surface area contributed by atoms with Crippen molar-refractivity contribution in [3.8, 4) is 11.5 Å². The van der Waals surface area contributed by atoms with Crippen LogP contribution in [0.4, 0.5) is 0 Å². The summed E-state index contributed by atoms with van der Waals surface area (Å²) in [5, 5.41) is 15.5. The van der Waals surface area contributed by atoms with Crippen molar-refractivity contribution in [3.63, 3.8) is 0 Å². The minimum Gasteiger partial charge on any atom is -0.414 e. The monoisotopic (exact) mass is 592 g/mol. The lowest BCUT2D eigenvalue weighted by atomic mass is 9.97. The van der Waals surface area contributed by atoms with E-state index in [4.69, 9.17) is 4.42 Å². The molecule has 3 atom stereocenters. The molecule has 4 N–H and O–H groups in total. The highest BCUT2D eigenvalue weighted by Crippen LogP contribution is 2.19. The Morgan fingerprint density at radius 2 is 1.56 bits per heavy atom. The molecule has 2 aromatic rings. The third kappa shape index (κ3) is 11.8. The highest BCUT2D eigenvalue weighted by atomic mass is 32.2. The Labute approximate surface area is 240 Å². The van der Waals surface area contributed by atoms with Gasteiger partial charge in [-0.25, -0.2) is 13.1 Å². The van der Waals surface area contributed by atoms with Crippen LogP contribution in [0.15, 0.2) is 34.7 Å². The average molecular weight is 593 g/mol. The van der Waals surface area contributed by atoms with Crippen LogP contribution in [0.2, 0.25) is 0 Å². The summed E-state index contributed by atoms with van der Waals surface area (Å²) in [6.07, 6.45) is 0.637. The molecule has 0 spiro atoms. The molecule has 0 radical (unpaired) electrons. The summed E-state index contributed by atoms with van der Waals surface area (Å²) in [5.74, 6) is -2.82. The lowest BCUT2D eigenvalue weighted by Crippen LogP contribution is -2.55. The largest absolute Gasteiger partial charge is 0.414 e. The van der Waals surface area contributed by atoms with Gasteiger partial charge in [-0.1, -0.05) is 52.8 Å². The first-order valence-electron chi connectivity index (χ1n) is 13.2. The molecule has 14 heteroatoms. The highest BCUT2D eigenvalue weighted by molar-refractivity contribution is 7.88. The van der Waals surface area contributed by atoms with Crippen LogP contribution in [0.3, 0.4) is 0 Å². The number of Topliss-reactive ketones (excluding diaryl/α,β-unsaturated/α-hetero) is 1. The number of nitrogens with zero attached hydrogens (tertiary/aromatic N) is 2. The normalized spacial score (nSPS) is 14.1. The van der Waals surface area contributed by atoms with Gasteiger partial charge in [-0.05, 0) is 36.8 Å². The number of aromatic nitrogens is 2. The van der Waals surface area contributed by atoms with E-state index in [0.29, 0.717) is 12.1 Å². The molecule has 1 heterocycles. The predicted octanol–water partition coefficient (Wildman–Crippen LogP) is 1.43. The van der Waals surface area contributed by atoms with Crippen molar-refractivity contribution in [1.82, 2.24) is 30.9 Å². The second kappa shape index (κ2) is 14.3. The van der Waals surface area contributed by atoms with Crippen LogP contribution in [-0.2, 0) is 24.4 Å². The zero-order chi connectivity index (χ0) is 31.0. The lowest BCUT2D eigenvalue weighted by Gasteiger charge is -2.23. The number of carbonyl (C=O) groups is 4. The molecule has 3 amide bonds. The van der Waals surface area contributed by atoms with E-state index in [1.807, 2.05) is 40.7 Å². The van der Waals surface area contributed by atoms with Gasteiger partial charge in [0.1, 0.15) is 12.1 Å². The summed E-state index contributed by atoms with van der Waals surface area (Å²) in [5.41, 5.74) is 0.405. The Hall–Kier alpha value is -3.65. The molecule has 0 saturated heterocycles. The minimum absolute atomic E-state index is 0.000569. The van der Waals surface area contributed by atoms with E-state index >= 15 is 0 Å². The molecule has 0 aliphatic rings. The number of nitrogens with one attached hydrogen (secondary N) is 4. The fourth-order valence-electron chi connectivity index (χ4n) is 3.62. The standard InChI is InChI=1S/C27H40N6O7S/c1-16(2)13-19(22(35)26-32-31-25(40-26)18-11-9-8-10-12-18)30-23(36)17(3)29-24(37)20(33-41(7,38)39)14-21(34)28-15-27(4,5)6/h8-12,16-17,19-20,33H,13-15H2,1-7H3,(H,28,34)(H,29,37)(H,30,36)/t17-,19-,20-/m0/s1. The molecule has 2 rings (SSSR count). The second-order valence-electron chi connectivity index (χ2n) is 11.5. The molecule has 226 valence electrons. The van der Waals surface area contributed by atoms with Crippen molar-refractivity contribution < 1.29 is 32.0 Å². The number of rotatable bonds is 14. The maximum atomic E-state index is 13.2. The summed E-state index contributed by atoms with van der Waals surface area (Å²) in [6.45, 7) is 11.1. The maximum Gasteiger partial charge on any atom is 0.286 e. The molecule has 0 aliphatic heterocycles. The van der Waals surface area contributed by atoms with Gasteiger partial charge in [0, 0.05) is 12.1 Å². The molecule has 0 saturated carbocycles. The molecule has 0 unspecified atom stereocenters. The summed E-state index contributed by atoms with van der Waals surface area (Å²) in [6, 6.07) is 5.23. The average Bonchev–Trinajstić information content (AvgIpc) is 3.35. The topological polar surface area (TPSA) is 189 Å². The summed E-state index contributed by atoms with van der Waals surface area (Å²) in [7, 11) is -3.87. The van der Waals surface area contributed by atoms with E-state index < -0.39 is 58.1 Å². The van der Waals surface area contributed by atoms with Crippen LogP contribution in [0.5, 0.6) is 0 Å². The first-order valence-corrected chi connectivity index (χ1v) is 15.1. The van der Waals surface area contributed by atoms with E-state index in [1.54, 1.807) is 24.3 Å². The number of benzene rings is 1. The molecular weight excluding hydrogens is 552 g/mol. The van der Waals surface area contributed by atoms with E-state index in [9.17, 15) is 27.6 Å². The molecule has 13 nitrogen and oxygen atoms in total. The highest BCUT2D eigenvalue weighted by Gasteiger charge is 2.32. The van der Waals surface area contributed by atoms with Gasteiger partial charge in [-0.15, -0.1) is 10.2 Å². The van der Waals surface area contributed by atoms with Crippen LogP contribution in [0.25, 0.3) is 11.5 Å². The number of hydrogen-bond acceptors (Lipinski definition) is 9. The first kappa shape index (κ1) is 33.6. The Balaban J connectivity index is 2.11. The maximum absolute atomic E-state index is 13.2. The fourth-order valence-corrected chi connectivity index (χ4v) is 4.32. The van der Waals surface area contributed by atoms with Crippen molar-refractivity contribution in [1.29, 1.82) is 0 Å². The van der Waals surface area contributed by atoms with Crippen LogP contribution in [0.1, 0.15) is 65.1 Å². The first-order chi connectivity index (χ1) is 18.9. The molecule has 1 aromatic heterocycles. The Kier molecular flexibility index (Phi) is 11.7. The Bertz CT molecular complexity index is 1320. The number of carbonyl (C=O) groups excluding carboxylic acids is 4. The summed E-state index contributed by atoms with van der Waals surface area (Å²) >= 11 is 0. The lowest BCUT2D eigenvalue weighted by molar-refractivity contribution is -0.131. The van der Waals surface area contributed by atoms with E-state index in [0.717, 1.165) is 6.26 Å². The van der Waals surface area contributed by atoms with Gasteiger partial charge >= 0.3 is 0 Å². The van der Waals surface area contributed by atoms with Crippen molar-refractivity contribution in [2.24, 2.45) is 11.3 Å². The van der Waals surface area contributed by atoms with Gasteiger partial charge < -0.3 is 20.4 Å². The van der Waals surface area contributed by atoms with Crippen molar-refractivity contribution in [3.05, 3.63) is 36.2 Å². The van der Waals surface area contributed by atoms with E-state index in [1.165, 1.54) is 6.92 Å². The van der Waals surface area contributed by atoms with E-state index in [2.05, 4.69) is 30.9 Å². The molecule has 41 heavy (non-hydrogen) atoms. The summed E-state index contributed by atoms with van der Waals surface area (Å²) in [4.78, 5) is 51.5. The Morgan fingerprint density at radius 3 is 2.12 bits per heavy atom. The van der Waals surface area contributed by atoms with Crippen LogP contribution in [-0.4, -0.2) is 73.0 Å². The van der Waals surface area contributed by atoms with Gasteiger partial charge in [-0.3, -0.25) is 19.2 Å². The van der Waals surface area contributed by atoms with E-state index in [-0.39, 0.29) is 29.5 Å². The van der Waals surface area contributed by atoms with Gasteiger partial charge in [-0.2, -0.15) is 0 Å². The fraction of sp³-hybridized carbons (Fsp3) is 0.556. The summed E-state index contributed by atoms with van der Waals surface area (Å²) < 4.78 is 31.4. The van der Waals surface area contributed by atoms with Crippen LogP contribution in [0, 0.1) is 11.3 Å². The number of hydrogen-bond donors (Lipinski definition) is 4. The third-order valence-electron chi connectivity index (χ3n) is 5.63. The van der Waals surface area contributed by atoms with Crippen molar-refractivity contribution in [2.75, 3.05) is 12.8 Å². The zero-order valence-electron chi connectivity index (χ0n) is 24.5. The smallest absolute Gasteiger partial charge is 0.286 e. The Morgan fingerprint density at radius 1 is 0.927 bits per heavy atom. The number of amides is 3. The van der Waals surface area contributed by atoms with Gasteiger partial charge in [0.2, 0.25) is 39.4 Å². The SMILES string of the molecule is CC(C)C[C@H](NC(=O)[C@H](C)NC(=O)[C@H](CC(=O)NCC(C)(C)C)NS(C)(=O)=O)C(=O)c1nnc(-c2ccccc2)o1. The van der Waals surface area contributed by atoms with Crippen LogP contribution >= 0.6 is 0 Å². The molecule has 0 bridgehead atoms. The predicted molar refractivity (Wildman–Crippen MR) is 152 cm³/mol. The minimum atomic E-state index is -3.87. The van der Waals surface area contributed by atoms with Crippen molar-refractivity contribution in [2.45, 2.75) is 72.5 Å². The van der Waals surface area contributed by atoms with Crippen molar-refractivity contribution >= 4 is 33.5 Å². The van der Waals surface area contributed by atoms with Gasteiger partial charge in [0.25, 0.3) is 5.89 Å². The quantitative estimate of drug-likeness (QED) is 0.235. The third-order valence-corrected chi connectivity index (χ3v) is 6.34.